The van der Waals surface area contributed by atoms with Crippen LogP contribution in [0.25, 0.3) is 22.8 Å². The average Bonchev–Trinajstić information content (AvgIpc) is 3.35. The normalized spacial score (nSPS) is 11.3. The first-order valence-corrected chi connectivity index (χ1v) is 10.3. The highest BCUT2D eigenvalue weighted by molar-refractivity contribution is 5.67. The molecule has 0 saturated carbocycles. The minimum atomic E-state index is -5.05. The van der Waals surface area contributed by atoms with Crippen molar-refractivity contribution in [3.05, 3.63) is 81.3 Å². The Kier molecular flexibility index (Phi) is 6.67. The summed E-state index contributed by atoms with van der Waals surface area (Å²) in [6.07, 6.45) is -3.75. The first kappa shape index (κ1) is 25.4. The van der Waals surface area contributed by atoms with Crippen molar-refractivity contribution in [2.24, 2.45) is 0 Å². The Balaban J connectivity index is 1.93. The Morgan fingerprint density at radius 2 is 1.81 bits per heavy atom. The summed E-state index contributed by atoms with van der Waals surface area (Å²) >= 11 is 0. The van der Waals surface area contributed by atoms with Crippen molar-refractivity contribution >= 4 is 0 Å². The van der Waals surface area contributed by atoms with Gasteiger partial charge in [0, 0.05) is 17.8 Å². The molecule has 0 N–H and O–H groups in total. The molecule has 37 heavy (non-hydrogen) atoms. The molecule has 0 aliphatic rings. The van der Waals surface area contributed by atoms with Gasteiger partial charge in [-0.2, -0.15) is 23.4 Å². The van der Waals surface area contributed by atoms with E-state index in [2.05, 4.69) is 9.97 Å². The number of furan rings is 1. The van der Waals surface area contributed by atoms with Crippen LogP contribution >= 0.6 is 0 Å². The van der Waals surface area contributed by atoms with Gasteiger partial charge in [-0.05, 0) is 24.3 Å². The zero-order chi connectivity index (χ0) is 26.9. The maximum absolute atomic E-state index is 14.4. The second-order valence-corrected chi connectivity index (χ2v) is 7.50. The standard InChI is InChI=1S/C24H15F5N4O4/c1-35-21-15(10-31-23(32-21)36-2)19-5-6-20(37-19)18-8-16(24(27,28)29)14(9-30)22(34)33(18)11-12-3-4-13(25)7-17(12)26/h3-8,10H,11H2,1-2H3. The molecule has 0 spiro atoms. The van der Waals surface area contributed by atoms with Crippen molar-refractivity contribution < 1.29 is 35.8 Å². The van der Waals surface area contributed by atoms with Crippen LogP contribution in [0.1, 0.15) is 16.7 Å². The first-order chi connectivity index (χ1) is 17.6. The molecule has 190 valence electrons. The van der Waals surface area contributed by atoms with Gasteiger partial charge in [-0.3, -0.25) is 9.36 Å². The average molecular weight is 518 g/mol. The highest BCUT2D eigenvalue weighted by Gasteiger charge is 2.37. The minimum Gasteiger partial charge on any atom is -0.480 e. The zero-order valence-electron chi connectivity index (χ0n) is 19.1. The molecule has 8 nitrogen and oxygen atoms in total. The molecule has 0 saturated heterocycles. The second-order valence-electron chi connectivity index (χ2n) is 7.50. The number of rotatable bonds is 6. The molecule has 3 heterocycles. The summed E-state index contributed by atoms with van der Waals surface area (Å²) in [5.74, 6) is -2.03. The lowest BCUT2D eigenvalue weighted by molar-refractivity contribution is -0.137. The van der Waals surface area contributed by atoms with E-state index < -0.39 is 46.7 Å². The van der Waals surface area contributed by atoms with Crippen molar-refractivity contribution in [3.63, 3.8) is 0 Å². The number of hydrogen-bond donors (Lipinski definition) is 0. The number of benzene rings is 1. The van der Waals surface area contributed by atoms with E-state index in [1.54, 1.807) is 0 Å². The van der Waals surface area contributed by atoms with Crippen LogP contribution in [0.4, 0.5) is 22.0 Å². The third-order valence-electron chi connectivity index (χ3n) is 5.29. The molecule has 4 rings (SSSR count). The fourth-order valence-corrected chi connectivity index (χ4v) is 3.55. The van der Waals surface area contributed by atoms with Crippen LogP contribution in [0.5, 0.6) is 11.9 Å². The monoisotopic (exact) mass is 518 g/mol. The molecule has 1 aromatic carbocycles. The highest BCUT2D eigenvalue weighted by atomic mass is 19.4. The Hall–Kier alpha value is -4.73. The summed E-state index contributed by atoms with van der Waals surface area (Å²) in [6.45, 7) is -0.613. The van der Waals surface area contributed by atoms with Crippen LogP contribution in [-0.2, 0) is 12.7 Å². The van der Waals surface area contributed by atoms with Gasteiger partial charge < -0.3 is 13.9 Å². The summed E-state index contributed by atoms with van der Waals surface area (Å²) in [6, 6.07) is 7.01. The van der Waals surface area contributed by atoms with Gasteiger partial charge in [-0.15, -0.1) is 0 Å². The van der Waals surface area contributed by atoms with Gasteiger partial charge in [0.2, 0.25) is 5.88 Å². The Labute approximate surface area is 205 Å². The van der Waals surface area contributed by atoms with Crippen molar-refractivity contribution in [3.8, 4) is 40.7 Å². The summed E-state index contributed by atoms with van der Waals surface area (Å²) in [5, 5.41) is 9.31. The molecular formula is C24H15F5N4O4. The van der Waals surface area contributed by atoms with Crippen LogP contribution in [0, 0.1) is 23.0 Å². The number of nitriles is 1. The second kappa shape index (κ2) is 9.73. The maximum atomic E-state index is 14.4. The molecule has 3 aromatic heterocycles. The van der Waals surface area contributed by atoms with Crippen molar-refractivity contribution in [1.82, 2.24) is 14.5 Å². The van der Waals surface area contributed by atoms with Gasteiger partial charge in [0.1, 0.15) is 29.0 Å². The summed E-state index contributed by atoms with van der Waals surface area (Å²) in [4.78, 5) is 21.0. The number of hydrogen-bond acceptors (Lipinski definition) is 7. The number of aromatic nitrogens is 3. The fraction of sp³-hybridized carbons (Fsp3) is 0.167. The van der Waals surface area contributed by atoms with E-state index in [0.717, 1.165) is 16.7 Å². The number of pyridine rings is 1. The van der Waals surface area contributed by atoms with Crippen LogP contribution < -0.4 is 15.0 Å². The molecule has 0 unspecified atom stereocenters. The smallest absolute Gasteiger partial charge is 0.417 e. The molecular weight excluding hydrogens is 503 g/mol. The molecule has 0 fully saturated rings. The van der Waals surface area contributed by atoms with Crippen LogP contribution in [-0.4, -0.2) is 28.8 Å². The third kappa shape index (κ3) is 4.86. The number of halogens is 5. The summed E-state index contributed by atoms with van der Waals surface area (Å²) in [5.41, 5.74) is -4.40. The molecule has 0 aliphatic carbocycles. The Bertz CT molecular complexity index is 1590. The quantitative estimate of drug-likeness (QED) is 0.338. The van der Waals surface area contributed by atoms with Gasteiger partial charge in [0.25, 0.3) is 5.56 Å². The maximum Gasteiger partial charge on any atom is 0.417 e. The number of nitrogens with zero attached hydrogens (tertiary/aromatic N) is 4. The lowest BCUT2D eigenvalue weighted by atomic mass is 10.1. The lowest BCUT2D eigenvalue weighted by Crippen LogP contribution is -2.29. The van der Waals surface area contributed by atoms with Crippen molar-refractivity contribution in [2.75, 3.05) is 14.2 Å². The number of ether oxygens (including phenoxy) is 2. The largest absolute Gasteiger partial charge is 0.480 e. The molecule has 4 aromatic rings. The van der Waals surface area contributed by atoms with E-state index >= 15 is 0 Å². The SMILES string of the molecule is COc1ncc(-c2ccc(-c3cc(C(F)(F)F)c(C#N)c(=O)n3Cc3ccc(F)cc3F)o2)c(OC)n1. The van der Waals surface area contributed by atoms with Gasteiger partial charge in [-0.1, -0.05) is 6.07 Å². The lowest BCUT2D eigenvalue weighted by Gasteiger charge is -2.16. The third-order valence-corrected chi connectivity index (χ3v) is 5.29. The van der Waals surface area contributed by atoms with E-state index in [9.17, 15) is 32.0 Å². The van der Waals surface area contributed by atoms with Gasteiger partial charge >= 0.3 is 12.2 Å². The topological polar surface area (TPSA) is 103 Å². The molecule has 0 amide bonds. The fourth-order valence-electron chi connectivity index (χ4n) is 3.55. The van der Waals surface area contributed by atoms with E-state index in [1.165, 1.54) is 38.6 Å². The molecule has 0 atom stereocenters. The van der Waals surface area contributed by atoms with E-state index in [0.29, 0.717) is 12.1 Å². The van der Waals surface area contributed by atoms with Gasteiger partial charge in [-0.25, -0.2) is 13.8 Å². The summed E-state index contributed by atoms with van der Waals surface area (Å²) in [7, 11) is 2.66. The number of alkyl halides is 3. The molecule has 0 aliphatic heterocycles. The molecule has 0 bridgehead atoms. The molecule has 13 heteroatoms. The molecule has 0 radical (unpaired) electrons. The minimum absolute atomic E-state index is 0.00976. The summed E-state index contributed by atoms with van der Waals surface area (Å²) < 4.78 is 85.6. The Morgan fingerprint density at radius 1 is 1.08 bits per heavy atom. The van der Waals surface area contributed by atoms with Gasteiger partial charge in [0.05, 0.1) is 37.6 Å². The number of methoxy groups -OCH3 is 2. The predicted octanol–water partition coefficient (Wildman–Crippen LogP) is 4.80. The zero-order valence-corrected chi connectivity index (χ0v) is 19.1. The van der Waals surface area contributed by atoms with Crippen LogP contribution in [0.2, 0.25) is 0 Å². The Morgan fingerprint density at radius 3 is 2.43 bits per heavy atom. The van der Waals surface area contributed by atoms with Crippen LogP contribution in [0.3, 0.4) is 0 Å². The first-order valence-electron chi connectivity index (χ1n) is 10.3. The highest BCUT2D eigenvalue weighted by Crippen LogP contribution is 2.37. The van der Waals surface area contributed by atoms with Crippen molar-refractivity contribution in [1.29, 1.82) is 5.26 Å². The van der Waals surface area contributed by atoms with Crippen LogP contribution in [0.15, 0.2) is 51.8 Å². The predicted molar refractivity (Wildman–Crippen MR) is 118 cm³/mol. The van der Waals surface area contributed by atoms with Crippen molar-refractivity contribution in [2.45, 2.75) is 12.7 Å². The van der Waals surface area contributed by atoms with Gasteiger partial charge in [0.15, 0.2) is 5.76 Å². The van der Waals surface area contributed by atoms with E-state index in [1.807, 2.05) is 0 Å². The van der Waals surface area contributed by atoms with E-state index in [-0.39, 0.29) is 34.5 Å². The van der Waals surface area contributed by atoms with E-state index in [4.69, 9.17) is 13.9 Å².